The van der Waals surface area contributed by atoms with Crippen molar-refractivity contribution in [2.75, 3.05) is 29.9 Å². The summed E-state index contributed by atoms with van der Waals surface area (Å²) in [5, 5.41) is 24.9. The summed E-state index contributed by atoms with van der Waals surface area (Å²) in [5.74, 6) is -1.59. The Labute approximate surface area is 239 Å². The van der Waals surface area contributed by atoms with Gasteiger partial charge in [0.2, 0.25) is 11.7 Å². The molecular formula is C28H31F4N7O3. The smallest absolute Gasteiger partial charge is 0.389 e. The molecule has 1 aromatic carbocycles. The fourth-order valence-corrected chi connectivity index (χ4v) is 5.21. The van der Waals surface area contributed by atoms with Gasteiger partial charge in [-0.05, 0) is 54.7 Å². The molecule has 2 fully saturated rings. The van der Waals surface area contributed by atoms with E-state index in [-0.39, 0.29) is 50.3 Å². The van der Waals surface area contributed by atoms with E-state index in [0.29, 0.717) is 11.1 Å². The van der Waals surface area contributed by atoms with E-state index in [9.17, 15) is 28.2 Å². The van der Waals surface area contributed by atoms with Crippen molar-refractivity contribution in [3.05, 3.63) is 77.6 Å². The van der Waals surface area contributed by atoms with Crippen LogP contribution in [0.3, 0.4) is 0 Å². The third kappa shape index (κ3) is 6.45. The molecule has 1 saturated heterocycles. The molecule has 42 heavy (non-hydrogen) atoms. The summed E-state index contributed by atoms with van der Waals surface area (Å²) in [6.07, 6.45) is 0.0902. The number of aliphatic hydroxyl groups is 2. The number of nitrogens with one attached hydrogen (secondary N) is 1. The van der Waals surface area contributed by atoms with Crippen LogP contribution < -0.4 is 16.0 Å². The van der Waals surface area contributed by atoms with E-state index in [1.165, 1.54) is 24.5 Å². The number of piperidine rings is 1. The lowest BCUT2D eigenvalue weighted by atomic mass is 9.87. The van der Waals surface area contributed by atoms with Crippen molar-refractivity contribution in [2.45, 2.75) is 55.8 Å². The molecule has 5 rings (SSSR count). The largest absolute Gasteiger partial charge is 0.416 e. The highest BCUT2D eigenvalue weighted by Gasteiger charge is 2.44. The Hall–Kier alpha value is -3.88. The van der Waals surface area contributed by atoms with Gasteiger partial charge in [0.05, 0.1) is 11.7 Å². The number of carbonyl (C=O) groups is 1. The molecule has 1 aliphatic heterocycles. The van der Waals surface area contributed by atoms with Gasteiger partial charge < -0.3 is 26.2 Å². The number of halogens is 4. The Morgan fingerprint density at radius 3 is 2.45 bits per heavy atom. The van der Waals surface area contributed by atoms with Gasteiger partial charge in [0.1, 0.15) is 18.0 Å². The van der Waals surface area contributed by atoms with E-state index in [1.807, 2.05) is 0 Å². The monoisotopic (exact) mass is 589 g/mol. The minimum absolute atomic E-state index is 0.0149. The molecule has 5 N–H and O–H groups in total. The van der Waals surface area contributed by atoms with Gasteiger partial charge in [-0.25, -0.2) is 9.97 Å². The second kappa shape index (κ2) is 11.8. The lowest BCUT2D eigenvalue weighted by molar-refractivity contribution is -0.137. The topological polar surface area (TPSA) is 141 Å². The number of nitrogens with zero attached hydrogens (tertiary/aromatic N) is 5. The van der Waals surface area contributed by atoms with Gasteiger partial charge in [-0.1, -0.05) is 12.1 Å². The minimum atomic E-state index is -4.45. The van der Waals surface area contributed by atoms with Crippen molar-refractivity contribution in [1.29, 1.82) is 0 Å². The minimum Gasteiger partial charge on any atom is -0.389 e. The molecule has 0 bridgehead atoms. The molecule has 2 aliphatic rings. The number of primary amides is 1. The van der Waals surface area contributed by atoms with Crippen LogP contribution >= 0.6 is 0 Å². The van der Waals surface area contributed by atoms with Gasteiger partial charge in [-0.3, -0.25) is 14.7 Å². The van der Waals surface area contributed by atoms with Crippen LogP contribution in [0.25, 0.3) is 0 Å². The number of hydrogen-bond donors (Lipinski definition) is 4. The number of rotatable bonds is 10. The number of benzene rings is 1. The van der Waals surface area contributed by atoms with E-state index in [1.54, 1.807) is 21.9 Å². The van der Waals surface area contributed by atoms with Gasteiger partial charge in [-0.15, -0.1) is 0 Å². The Morgan fingerprint density at radius 2 is 1.86 bits per heavy atom. The third-order valence-electron chi connectivity index (χ3n) is 7.74. The van der Waals surface area contributed by atoms with E-state index in [2.05, 4.69) is 20.3 Å². The molecule has 3 atom stereocenters. The second-order valence-electron chi connectivity index (χ2n) is 10.7. The number of anilines is 2. The van der Waals surface area contributed by atoms with Crippen LogP contribution in [0.5, 0.6) is 0 Å². The zero-order chi connectivity index (χ0) is 30.1. The summed E-state index contributed by atoms with van der Waals surface area (Å²) in [4.78, 5) is 27.6. The van der Waals surface area contributed by atoms with Crippen LogP contribution in [0.1, 0.15) is 42.0 Å². The summed E-state index contributed by atoms with van der Waals surface area (Å²) >= 11 is 0. The average molecular weight is 590 g/mol. The number of alkyl halides is 3. The standard InChI is InChI=1S/C28H31F4N7O3/c29-22-25(35-15-27(42)9-12-38(14-21(27)40)23(24(33)41)18-7-10-34-11-8-18)36-16-37-26(22)39(20-5-6-20)13-17-1-3-19(4-2-17)28(30,31)32/h1-4,7-8,10-11,16,20-21,23,40,42H,5-6,9,12-15H2,(H2,33,41)(H,35,36,37)/t21-,23?,27-/m0/s1. The average Bonchev–Trinajstić information content (AvgIpc) is 3.79. The number of amides is 1. The molecule has 224 valence electrons. The predicted octanol–water partition coefficient (Wildman–Crippen LogP) is 2.63. The van der Waals surface area contributed by atoms with Crippen LogP contribution in [-0.4, -0.2) is 73.4 Å². The van der Waals surface area contributed by atoms with Gasteiger partial charge in [0, 0.05) is 44.6 Å². The molecule has 3 aromatic rings. The molecule has 1 amide bonds. The molecule has 1 saturated carbocycles. The molecule has 14 heteroatoms. The van der Waals surface area contributed by atoms with Crippen LogP contribution in [0.15, 0.2) is 55.1 Å². The van der Waals surface area contributed by atoms with Gasteiger partial charge in [-0.2, -0.15) is 17.6 Å². The molecule has 2 aromatic heterocycles. The molecule has 0 spiro atoms. The van der Waals surface area contributed by atoms with Crippen molar-refractivity contribution >= 4 is 17.5 Å². The SMILES string of the molecule is NC(=O)C(c1ccncc1)N1CC[C@](O)(CNc2ncnc(N(Cc3ccc(C(F)(F)F)cc3)C3CC3)c2F)[C@@H](O)C1. The van der Waals surface area contributed by atoms with Crippen LogP contribution in [0, 0.1) is 5.82 Å². The van der Waals surface area contributed by atoms with Crippen molar-refractivity contribution in [3.63, 3.8) is 0 Å². The summed E-state index contributed by atoms with van der Waals surface area (Å²) in [5.41, 5.74) is 4.38. The highest BCUT2D eigenvalue weighted by Crippen LogP contribution is 2.36. The highest BCUT2D eigenvalue weighted by molar-refractivity contribution is 5.81. The van der Waals surface area contributed by atoms with Crippen molar-refractivity contribution in [2.24, 2.45) is 5.73 Å². The van der Waals surface area contributed by atoms with E-state index in [4.69, 9.17) is 5.73 Å². The lowest BCUT2D eigenvalue weighted by Crippen LogP contribution is -2.60. The van der Waals surface area contributed by atoms with Crippen LogP contribution in [-0.2, 0) is 17.5 Å². The first-order chi connectivity index (χ1) is 20.0. The number of hydrogen-bond acceptors (Lipinski definition) is 9. The Bertz CT molecular complexity index is 1390. The van der Waals surface area contributed by atoms with Crippen molar-refractivity contribution in [3.8, 4) is 0 Å². The summed E-state index contributed by atoms with van der Waals surface area (Å²) in [7, 11) is 0. The van der Waals surface area contributed by atoms with Crippen LogP contribution in [0.4, 0.5) is 29.2 Å². The number of aromatic nitrogens is 3. The Kier molecular flexibility index (Phi) is 8.30. The van der Waals surface area contributed by atoms with Crippen LogP contribution in [0.2, 0.25) is 0 Å². The first-order valence-electron chi connectivity index (χ1n) is 13.5. The molecule has 1 aliphatic carbocycles. The van der Waals surface area contributed by atoms with E-state index < -0.39 is 41.2 Å². The van der Waals surface area contributed by atoms with Gasteiger partial charge >= 0.3 is 6.18 Å². The normalized spacial score (nSPS) is 22.0. The maximum atomic E-state index is 15.7. The Balaban J connectivity index is 1.27. The fourth-order valence-electron chi connectivity index (χ4n) is 5.21. The fraction of sp³-hybridized carbons (Fsp3) is 0.429. The quantitative estimate of drug-likeness (QED) is 0.263. The van der Waals surface area contributed by atoms with Gasteiger partial charge in [0.25, 0.3) is 0 Å². The molecule has 0 radical (unpaired) electrons. The summed E-state index contributed by atoms with van der Waals surface area (Å²) in [6.45, 7) is 0.0703. The lowest BCUT2D eigenvalue weighted by Gasteiger charge is -2.44. The maximum Gasteiger partial charge on any atom is 0.416 e. The van der Waals surface area contributed by atoms with E-state index in [0.717, 1.165) is 31.3 Å². The van der Waals surface area contributed by atoms with Crippen molar-refractivity contribution in [1.82, 2.24) is 19.9 Å². The number of β-amino-alcohol motifs (C(OH)–C–C–N with tert-alkyl or cyclic N) is 1. The number of nitrogens with two attached hydrogens (primary N) is 1. The zero-order valence-corrected chi connectivity index (χ0v) is 22.5. The molecular weight excluding hydrogens is 558 g/mol. The Morgan fingerprint density at radius 1 is 1.17 bits per heavy atom. The summed E-state index contributed by atoms with van der Waals surface area (Å²) in [6, 6.07) is 7.16. The number of pyridine rings is 1. The third-order valence-corrected chi connectivity index (χ3v) is 7.74. The maximum absolute atomic E-state index is 15.7. The van der Waals surface area contributed by atoms with E-state index >= 15 is 4.39 Å². The number of likely N-dealkylation sites (tertiary alicyclic amines) is 1. The molecule has 1 unspecified atom stereocenters. The number of aliphatic hydroxyl groups excluding tert-OH is 1. The second-order valence-corrected chi connectivity index (χ2v) is 10.7. The first-order valence-corrected chi connectivity index (χ1v) is 13.5. The molecule has 3 heterocycles. The summed E-state index contributed by atoms with van der Waals surface area (Å²) < 4.78 is 54.5. The van der Waals surface area contributed by atoms with Gasteiger partial charge in [0.15, 0.2) is 11.6 Å². The first kappa shape index (κ1) is 29.6. The zero-order valence-electron chi connectivity index (χ0n) is 22.5. The predicted molar refractivity (Wildman–Crippen MR) is 144 cm³/mol. The highest BCUT2D eigenvalue weighted by atomic mass is 19.4. The number of carbonyl (C=O) groups excluding carboxylic acids is 1. The van der Waals surface area contributed by atoms with Crippen molar-refractivity contribution < 1.29 is 32.6 Å². The molecule has 10 nitrogen and oxygen atoms in total.